The molecule has 0 aliphatic carbocycles. The third kappa shape index (κ3) is 2.69. The summed E-state index contributed by atoms with van der Waals surface area (Å²) in [5, 5.41) is 7.63. The third-order valence-electron chi connectivity index (χ3n) is 4.36. The van der Waals surface area contributed by atoms with E-state index < -0.39 is 0 Å². The molecule has 122 valence electrons. The van der Waals surface area contributed by atoms with E-state index in [0.29, 0.717) is 18.7 Å². The van der Waals surface area contributed by atoms with Gasteiger partial charge < -0.3 is 15.5 Å². The highest BCUT2D eigenvalue weighted by Crippen LogP contribution is 2.34. The van der Waals surface area contributed by atoms with E-state index in [2.05, 4.69) is 22.8 Å². The van der Waals surface area contributed by atoms with Crippen LogP contribution in [0, 0.1) is 0 Å². The predicted molar refractivity (Wildman–Crippen MR) is 92.5 cm³/mol. The smallest absolute Gasteiger partial charge is 0.319 e. The molecular formula is C18H17N3O2S. The van der Waals surface area contributed by atoms with E-state index in [1.54, 1.807) is 11.3 Å². The van der Waals surface area contributed by atoms with Gasteiger partial charge in [0.25, 0.3) is 5.91 Å². The van der Waals surface area contributed by atoms with Crippen molar-refractivity contribution < 1.29 is 9.59 Å². The van der Waals surface area contributed by atoms with Crippen LogP contribution < -0.4 is 10.6 Å². The van der Waals surface area contributed by atoms with Gasteiger partial charge in [-0.2, -0.15) is 0 Å². The van der Waals surface area contributed by atoms with Gasteiger partial charge >= 0.3 is 6.03 Å². The van der Waals surface area contributed by atoms with Crippen LogP contribution in [0.4, 0.5) is 4.79 Å². The molecule has 3 heterocycles. The molecule has 4 rings (SSSR count). The number of hydrogen-bond donors (Lipinski definition) is 2. The van der Waals surface area contributed by atoms with E-state index in [1.165, 1.54) is 5.56 Å². The van der Waals surface area contributed by atoms with Crippen LogP contribution in [0.25, 0.3) is 0 Å². The van der Waals surface area contributed by atoms with Crippen molar-refractivity contribution >= 4 is 23.3 Å². The van der Waals surface area contributed by atoms with Gasteiger partial charge in [-0.3, -0.25) is 4.79 Å². The molecule has 2 aliphatic rings. The maximum Gasteiger partial charge on any atom is 0.319 e. The molecule has 2 aliphatic heterocycles. The molecule has 2 N–H and O–H groups in total. The largest absolute Gasteiger partial charge is 0.333 e. The van der Waals surface area contributed by atoms with Gasteiger partial charge in [0.1, 0.15) is 0 Å². The molecule has 0 saturated heterocycles. The van der Waals surface area contributed by atoms with Crippen LogP contribution in [0.15, 0.2) is 59.1 Å². The van der Waals surface area contributed by atoms with Crippen LogP contribution in [-0.4, -0.2) is 29.9 Å². The number of hydrogen-bond acceptors (Lipinski definition) is 3. The minimum absolute atomic E-state index is 0.00633. The lowest BCUT2D eigenvalue weighted by molar-refractivity contribution is -0.125. The number of amides is 3. The van der Waals surface area contributed by atoms with E-state index in [1.807, 2.05) is 40.6 Å². The minimum atomic E-state index is -0.344. The average Bonchev–Trinajstić information content (AvgIpc) is 3.22. The second kappa shape index (κ2) is 6.13. The molecule has 0 bridgehead atoms. The maximum absolute atomic E-state index is 12.9. The molecule has 1 aromatic carbocycles. The number of thiophene rings is 1. The molecule has 24 heavy (non-hydrogen) atoms. The van der Waals surface area contributed by atoms with Crippen LogP contribution in [0.3, 0.4) is 0 Å². The van der Waals surface area contributed by atoms with Crippen molar-refractivity contribution in [3.05, 3.63) is 69.6 Å². The Bertz CT molecular complexity index is 799. The Balaban J connectivity index is 1.53. The Morgan fingerprint density at radius 1 is 1.12 bits per heavy atom. The molecule has 0 saturated carbocycles. The normalized spacial score (nSPS) is 20.0. The summed E-state index contributed by atoms with van der Waals surface area (Å²) in [6.45, 7) is 1.11. The number of carbonyl (C=O) groups is 2. The number of nitrogens with zero attached hydrogens (tertiary/aromatic N) is 1. The van der Waals surface area contributed by atoms with Crippen molar-refractivity contribution in [3.63, 3.8) is 0 Å². The molecule has 3 amide bonds. The first-order valence-corrected chi connectivity index (χ1v) is 8.77. The van der Waals surface area contributed by atoms with Crippen molar-refractivity contribution in [1.82, 2.24) is 15.5 Å². The summed E-state index contributed by atoms with van der Waals surface area (Å²) in [4.78, 5) is 27.6. The van der Waals surface area contributed by atoms with Gasteiger partial charge in [0.05, 0.1) is 23.9 Å². The van der Waals surface area contributed by atoms with Crippen molar-refractivity contribution in [2.24, 2.45) is 0 Å². The number of nitrogens with one attached hydrogen (secondary N) is 2. The Kier molecular flexibility index (Phi) is 3.82. The molecule has 0 spiro atoms. The molecule has 2 aromatic rings. The fraction of sp³-hybridized carbons (Fsp3) is 0.222. The van der Waals surface area contributed by atoms with Crippen LogP contribution in [-0.2, 0) is 11.2 Å². The maximum atomic E-state index is 12.9. The summed E-state index contributed by atoms with van der Waals surface area (Å²) >= 11 is 1.55. The first-order chi connectivity index (χ1) is 11.7. The zero-order chi connectivity index (χ0) is 16.5. The minimum Gasteiger partial charge on any atom is -0.333 e. The average molecular weight is 339 g/mol. The van der Waals surface area contributed by atoms with Gasteiger partial charge in [0.2, 0.25) is 0 Å². The van der Waals surface area contributed by atoms with Crippen LogP contribution in [0.1, 0.15) is 16.5 Å². The van der Waals surface area contributed by atoms with Crippen molar-refractivity contribution in [3.8, 4) is 0 Å². The summed E-state index contributed by atoms with van der Waals surface area (Å²) in [6, 6.07) is 13.4. The number of urea groups is 1. The van der Waals surface area contributed by atoms with Gasteiger partial charge in [0, 0.05) is 11.4 Å². The molecule has 5 nitrogen and oxygen atoms in total. The highest BCUT2D eigenvalue weighted by molar-refractivity contribution is 7.10. The quantitative estimate of drug-likeness (QED) is 0.899. The Labute approximate surface area is 144 Å². The Hall–Kier alpha value is -2.60. The number of rotatable bonds is 4. The molecule has 0 unspecified atom stereocenters. The van der Waals surface area contributed by atoms with Crippen LogP contribution >= 0.6 is 11.3 Å². The number of carbonyl (C=O) groups excluding carboxylic acids is 2. The highest BCUT2D eigenvalue weighted by Gasteiger charge is 2.40. The lowest BCUT2D eigenvalue weighted by atomic mass is 10.0. The van der Waals surface area contributed by atoms with E-state index >= 15 is 0 Å². The molecule has 1 aromatic heterocycles. The Morgan fingerprint density at radius 3 is 2.71 bits per heavy atom. The molecule has 0 radical (unpaired) electrons. The zero-order valence-electron chi connectivity index (χ0n) is 13.0. The monoisotopic (exact) mass is 339 g/mol. The lowest BCUT2D eigenvalue weighted by Gasteiger charge is -2.24. The van der Waals surface area contributed by atoms with E-state index in [9.17, 15) is 9.59 Å². The summed E-state index contributed by atoms with van der Waals surface area (Å²) < 4.78 is 0. The van der Waals surface area contributed by atoms with Crippen molar-refractivity contribution in [2.75, 3.05) is 13.1 Å². The second-order valence-electron chi connectivity index (χ2n) is 5.90. The fourth-order valence-electron chi connectivity index (χ4n) is 3.19. The molecular weight excluding hydrogens is 322 g/mol. The fourth-order valence-corrected chi connectivity index (χ4v) is 3.97. The SMILES string of the molecule is O=C1NC2=C(C(=O)N(CCc3ccccc3)C2)[C@@H](c2cccs2)N1. The van der Waals surface area contributed by atoms with Gasteiger partial charge in [0.15, 0.2) is 0 Å². The van der Waals surface area contributed by atoms with Crippen molar-refractivity contribution in [2.45, 2.75) is 12.5 Å². The van der Waals surface area contributed by atoms with Crippen LogP contribution in [0.5, 0.6) is 0 Å². The standard InChI is InChI=1S/C18H17N3O2S/c22-17-15-13(11-21(17)9-8-12-5-2-1-3-6-12)19-18(23)20-16(15)14-7-4-10-24-14/h1-7,10,16H,8-9,11H2,(H2,19,20,23)/t16-/m1/s1. The molecule has 0 fully saturated rings. The number of benzene rings is 1. The summed E-state index contributed by atoms with van der Waals surface area (Å²) in [5.41, 5.74) is 2.60. The zero-order valence-corrected chi connectivity index (χ0v) is 13.8. The first-order valence-electron chi connectivity index (χ1n) is 7.89. The van der Waals surface area contributed by atoms with Crippen molar-refractivity contribution in [1.29, 1.82) is 0 Å². The third-order valence-corrected chi connectivity index (χ3v) is 5.30. The van der Waals surface area contributed by atoms with E-state index in [0.717, 1.165) is 17.0 Å². The van der Waals surface area contributed by atoms with Gasteiger partial charge in [-0.15, -0.1) is 11.3 Å². The second-order valence-corrected chi connectivity index (χ2v) is 6.88. The first kappa shape index (κ1) is 15.0. The Morgan fingerprint density at radius 2 is 1.96 bits per heavy atom. The van der Waals surface area contributed by atoms with Crippen LogP contribution in [0.2, 0.25) is 0 Å². The lowest BCUT2D eigenvalue weighted by Crippen LogP contribution is -2.44. The highest BCUT2D eigenvalue weighted by atomic mass is 32.1. The summed E-state index contributed by atoms with van der Waals surface area (Å²) in [7, 11) is 0. The molecule has 6 heteroatoms. The van der Waals surface area contributed by atoms with Gasteiger partial charge in [-0.1, -0.05) is 36.4 Å². The summed E-state index contributed by atoms with van der Waals surface area (Å²) in [5.74, 6) is 0.00633. The summed E-state index contributed by atoms with van der Waals surface area (Å²) in [6.07, 6.45) is 0.804. The topological polar surface area (TPSA) is 61.4 Å². The van der Waals surface area contributed by atoms with E-state index in [4.69, 9.17) is 0 Å². The predicted octanol–water partition coefficient (Wildman–Crippen LogP) is 2.44. The molecule has 1 atom stereocenters. The van der Waals surface area contributed by atoms with E-state index in [-0.39, 0.29) is 18.0 Å². The van der Waals surface area contributed by atoms with Gasteiger partial charge in [-0.05, 0) is 23.4 Å². The van der Waals surface area contributed by atoms with Gasteiger partial charge in [-0.25, -0.2) is 4.79 Å².